The third kappa shape index (κ3) is 4.04. The lowest BCUT2D eigenvalue weighted by Gasteiger charge is -2.18. The van der Waals surface area contributed by atoms with Crippen molar-refractivity contribution < 1.29 is 18.0 Å². The first kappa shape index (κ1) is 15.1. The summed E-state index contributed by atoms with van der Waals surface area (Å²) in [5.74, 6) is -0.285. The van der Waals surface area contributed by atoms with E-state index in [1.807, 2.05) is 0 Å². The van der Waals surface area contributed by atoms with E-state index >= 15 is 0 Å². The third-order valence-electron chi connectivity index (χ3n) is 2.68. The number of benzene rings is 1. The van der Waals surface area contributed by atoms with E-state index in [-0.39, 0.29) is 23.8 Å². The largest absolute Gasteiger partial charge is 0.418 e. The maximum Gasteiger partial charge on any atom is 0.418 e. The monoisotopic (exact) mass is 275 g/mol. The smallest absolute Gasteiger partial charge is 0.399 e. The number of carbonyl (C=O) groups is 1. The van der Waals surface area contributed by atoms with Crippen LogP contribution in [0.25, 0.3) is 0 Å². The molecule has 0 fully saturated rings. The van der Waals surface area contributed by atoms with Crippen LogP contribution in [-0.2, 0) is 11.0 Å². The van der Waals surface area contributed by atoms with Crippen LogP contribution < -0.4 is 11.1 Å². The SMILES string of the molecule is CCN(C)C(=O)CNc1ccc(N)cc1C(F)(F)F. The number of rotatable bonds is 4. The van der Waals surface area contributed by atoms with E-state index in [4.69, 9.17) is 5.73 Å². The Morgan fingerprint density at radius 1 is 1.42 bits per heavy atom. The van der Waals surface area contributed by atoms with Crippen molar-refractivity contribution in [2.45, 2.75) is 13.1 Å². The normalized spacial score (nSPS) is 11.2. The fourth-order valence-electron chi connectivity index (χ4n) is 1.43. The van der Waals surface area contributed by atoms with Gasteiger partial charge in [0.2, 0.25) is 5.91 Å². The van der Waals surface area contributed by atoms with Crippen molar-refractivity contribution in [2.24, 2.45) is 0 Å². The van der Waals surface area contributed by atoms with Crippen LogP contribution >= 0.6 is 0 Å². The molecule has 0 aliphatic heterocycles. The summed E-state index contributed by atoms with van der Waals surface area (Å²) in [6.45, 7) is 2.08. The molecular weight excluding hydrogens is 259 g/mol. The molecule has 0 unspecified atom stereocenters. The van der Waals surface area contributed by atoms with Gasteiger partial charge in [-0.3, -0.25) is 4.79 Å². The van der Waals surface area contributed by atoms with Gasteiger partial charge in [-0.25, -0.2) is 0 Å². The second kappa shape index (κ2) is 5.81. The van der Waals surface area contributed by atoms with Crippen molar-refractivity contribution in [1.82, 2.24) is 4.90 Å². The molecule has 0 saturated heterocycles. The number of likely N-dealkylation sites (N-methyl/N-ethyl adjacent to an activating group) is 1. The molecule has 3 N–H and O–H groups in total. The van der Waals surface area contributed by atoms with E-state index in [1.54, 1.807) is 14.0 Å². The van der Waals surface area contributed by atoms with E-state index < -0.39 is 11.7 Å². The van der Waals surface area contributed by atoms with Crippen LogP contribution in [0.4, 0.5) is 24.5 Å². The van der Waals surface area contributed by atoms with Gasteiger partial charge in [-0.05, 0) is 25.1 Å². The Hall–Kier alpha value is -1.92. The predicted octanol–water partition coefficient (Wildman–Crippen LogP) is 2.18. The highest BCUT2D eigenvalue weighted by Gasteiger charge is 2.33. The van der Waals surface area contributed by atoms with Gasteiger partial charge in [0.15, 0.2) is 0 Å². The Morgan fingerprint density at radius 2 is 2.05 bits per heavy atom. The molecule has 0 aliphatic carbocycles. The molecule has 0 spiro atoms. The number of nitrogens with one attached hydrogen (secondary N) is 1. The van der Waals surface area contributed by atoms with Crippen molar-refractivity contribution >= 4 is 17.3 Å². The second-order valence-electron chi connectivity index (χ2n) is 4.06. The Labute approximate surface area is 109 Å². The highest BCUT2D eigenvalue weighted by Crippen LogP contribution is 2.35. The summed E-state index contributed by atoms with van der Waals surface area (Å²) in [6, 6.07) is 3.42. The van der Waals surface area contributed by atoms with Gasteiger partial charge in [0.1, 0.15) is 0 Å². The maximum absolute atomic E-state index is 12.8. The zero-order valence-corrected chi connectivity index (χ0v) is 10.7. The summed E-state index contributed by atoms with van der Waals surface area (Å²) in [5.41, 5.74) is 4.34. The van der Waals surface area contributed by atoms with Crippen LogP contribution in [0.5, 0.6) is 0 Å². The quantitative estimate of drug-likeness (QED) is 0.828. The standard InChI is InChI=1S/C12H16F3N3O/c1-3-18(2)11(19)7-17-10-5-4-8(16)6-9(10)12(13,14)15/h4-6,17H,3,7,16H2,1-2H3. The molecule has 0 saturated carbocycles. The highest BCUT2D eigenvalue weighted by atomic mass is 19.4. The minimum absolute atomic E-state index is 0.0230. The maximum atomic E-state index is 12.8. The Bertz CT molecular complexity index is 460. The van der Waals surface area contributed by atoms with Crippen LogP contribution in [0.1, 0.15) is 12.5 Å². The molecule has 0 aliphatic rings. The molecule has 106 valence electrons. The van der Waals surface area contributed by atoms with E-state index in [9.17, 15) is 18.0 Å². The summed E-state index contributed by atoms with van der Waals surface area (Å²) in [4.78, 5) is 12.9. The van der Waals surface area contributed by atoms with Gasteiger partial charge in [0.25, 0.3) is 0 Å². The average Bonchev–Trinajstić information content (AvgIpc) is 2.34. The lowest BCUT2D eigenvalue weighted by Crippen LogP contribution is -2.32. The van der Waals surface area contributed by atoms with Gasteiger partial charge >= 0.3 is 6.18 Å². The van der Waals surface area contributed by atoms with Crippen LogP contribution in [-0.4, -0.2) is 30.9 Å². The average molecular weight is 275 g/mol. The molecule has 0 atom stereocenters. The molecule has 1 rings (SSSR count). The van der Waals surface area contributed by atoms with Crippen molar-refractivity contribution in [2.75, 3.05) is 31.2 Å². The number of halogens is 3. The summed E-state index contributed by atoms with van der Waals surface area (Å²) in [6.07, 6.45) is -4.52. The molecule has 0 radical (unpaired) electrons. The van der Waals surface area contributed by atoms with Gasteiger partial charge < -0.3 is 16.0 Å². The number of carbonyl (C=O) groups excluding carboxylic acids is 1. The molecule has 0 bridgehead atoms. The molecule has 1 aromatic rings. The number of amides is 1. The van der Waals surface area contributed by atoms with Crippen molar-refractivity contribution in [3.05, 3.63) is 23.8 Å². The van der Waals surface area contributed by atoms with Crippen molar-refractivity contribution in [3.63, 3.8) is 0 Å². The molecular formula is C12H16F3N3O. The molecule has 0 aromatic heterocycles. The summed E-state index contributed by atoms with van der Waals surface area (Å²) < 4.78 is 38.4. The van der Waals surface area contributed by atoms with E-state index in [2.05, 4.69) is 5.32 Å². The number of hydrogen-bond donors (Lipinski definition) is 2. The van der Waals surface area contributed by atoms with Crippen molar-refractivity contribution in [1.29, 1.82) is 0 Å². The highest BCUT2D eigenvalue weighted by molar-refractivity contribution is 5.81. The number of hydrogen-bond acceptors (Lipinski definition) is 3. The van der Waals surface area contributed by atoms with E-state index in [0.717, 1.165) is 6.07 Å². The minimum atomic E-state index is -4.52. The lowest BCUT2D eigenvalue weighted by atomic mass is 10.1. The summed E-state index contributed by atoms with van der Waals surface area (Å²) in [7, 11) is 1.58. The van der Waals surface area contributed by atoms with Gasteiger partial charge in [-0.2, -0.15) is 13.2 Å². The fraction of sp³-hybridized carbons (Fsp3) is 0.417. The summed E-state index contributed by atoms with van der Waals surface area (Å²) in [5, 5.41) is 2.50. The number of alkyl halides is 3. The first-order chi connectivity index (χ1) is 8.75. The molecule has 7 heteroatoms. The van der Waals surface area contributed by atoms with Crippen LogP contribution in [0, 0.1) is 0 Å². The van der Waals surface area contributed by atoms with Crippen molar-refractivity contribution in [3.8, 4) is 0 Å². The first-order valence-electron chi connectivity index (χ1n) is 5.70. The predicted molar refractivity (Wildman–Crippen MR) is 67.7 cm³/mol. The van der Waals surface area contributed by atoms with Crippen LogP contribution in [0.3, 0.4) is 0 Å². The van der Waals surface area contributed by atoms with E-state index in [0.29, 0.717) is 6.54 Å². The minimum Gasteiger partial charge on any atom is -0.399 e. The summed E-state index contributed by atoms with van der Waals surface area (Å²) >= 11 is 0. The second-order valence-corrected chi connectivity index (χ2v) is 4.06. The molecule has 19 heavy (non-hydrogen) atoms. The van der Waals surface area contributed by atoms with Gasteiger partial charge in [-0.15, -0.1) is 0 Å². The Balaban J connectivity index is 2.87. The van der Waals surface area contributed by atoms with Crippen LogP contribution in [0.2, 0.25) is 0 Å². The van der Waals surface area contributed by atoms with Crippen LogP contribution in [0.15, 0.2) is 18.2 Å². The number of nitrogens with zero attached hydrogens (tertiary/aromatic N) is 1. The third-order valence-corrected chi connectivity index (χ3v) is 2.68. The Morgan fingerprint density at radius 3 is 2.58 bits per heavy atom. The number of nitrogen functional groups attached to an aromatic ring is 1. The lowest BCUT2D eigenvalue weighted by molar-refractivity contribution is -0.137. The Kier molecular flexibility index (Phi) is 4.63. The van der Waals surface area contributed by atoms with Gasteiger partial charge in [0, 0.05) is 25.0 Å². The topological polar surface area (TPSA) is 58.4 Å². The zero-order chi connectivity index (χ0) is 14.6. The first-order valence-corrected chi connectivity index (χ1v) is 5.70. The fourth-order valence-corrected chi connectivity index (χ4v) is 1.43. The van der Waals surface area contributed by atoms with Gasteiger partial charge in [0.05, 0.1) is 12.1 Å². The molecule has 1 amide bonds. The van der Waals surface area contributed by atoms with Gasteiger partial charge in [-0.1, -0.05) is 0 Å². The number of nitrogens with two attached hydrogens (primary N) is 1. The molecule has 4 nitrogen and oxygen atoms in total. The van der Waals surface area contributed by atoms with E-state index in [1.165, 1.54) is 17.0 Å². The number of anilines is 2. The molecule has 1 aromatic carbocycles. The zero-order valence-electron chi connectivity index (χ0n) is 10.7. The molecule has 0 heterocycles.